The Morgan fingerprint density at radius 1 is 1.14 bits per heavy atom. The van der Waals surface area contributed by atoms with Gasteiger partial charge in [0.1, 0.15) is 0 Å². The molecule has 152 valence electrons. The third-order valence-electron chi connectivity index (χ3n) is 5.06. The van der Waals surface area contributed by atoms with Crippen molar-refractivity contribution in [3.63, 3.8) is 0 Å². The first-order valence-electron chi connectivity index (χ1n) is 9.04. The third kappa shape index (κ3) is 4.08. The minimum absolute atomic E-state index is 0.106. The van der Waals surface area contributed by atoms with Gasteiger partial charge in [0.25, 0.3) is 11.1 Å². The van der Waals surface area contributed by atoms with E-state index in [-0.39, 0.29) is 39.8 Å². The lowest BCUT2D eigenvalue weighted by molar-refractivity contribution is -0.127. The summed E-state index contributed by atoms with van der Waals surface area (Å²) in [5.41, 5.74) is 0.329. The van der Waals surface area contributed by atoms with Crippen molar-refractivity contribution in [2.75, 3.05) is 19.8 Å². The number of nitrogens with zero attached hydrogens (tertiary/aromatic N) is 2. The summed E-state index contributed by atoms with van der Waals surface area (Å²) in [5, 5.41) is 2.67. The highest BCUT2D eigenvalue weighted by molar-refractivity contribution is 8.14. The van der Waals surface area contributed by atoms with Gasteiger partial charge in [-0.25, -0.2) is 12.7 Å². The van der Waals surface area contributed by atoms with Gasteiger partial charge in [0.15, 0.2) is 0 Å². The molecule has 0 radical (unpaired) electrons. The van der Waals surface area contributed by atoms with E-state index < -0.39 is 10.0 Å². The fourth-order valence-corrected chi connectivity index (χ4v) is 5.18. The number of sulfonamides is 1. The molecule has 1 aromatic carbocycles. The molecule has 28 heavy (non-hydrogen) atoms. The number of carbonyl (C=O) groups is 3. The van der Waals surface area contributed by atoms with E-state index in [0.29, 0.717) is 18.4 Å². The van der Waals surface area contributed by atoms with Crippen molar-refractivity contribution in [3.8, 4) is 0 Å². The van der Waals surface area contributed by atoms with Gasteiger partial charge in [-0.3, -0.25) is 19.3 Å². The quantitative estimate of drug-likeness (QED) is 0.770. The molecule has 1 saturated heterocycles. The second kappa shape index (κ2) is 8.22. The van der Waals surface area contributed by atoms with Gasteiger partial charge in [0.2, 0.25) is 15.9 Å². The minimum Gasteiger partial charge on any atom is -0.347 e. The van der Waals surface area contributed by atoms with Crippen LogP contribution in [0.4, 0.5) is 4.79 Å². The van der Waals surface area contributed by atoms with Crippen LogP contribution >= 0.6 is 11.8 Å². The molecule has 1 N–H and O–H groups in total. The zero-order valence-corrected chi connectivity index (χ0v) is 17.4. The summed E-state index contributed by atoms with van der Waals surface area (Å²) in [6.07, 6.45) is 3.16. The van der Waals surface area contributed by atoms with E-state index in [2.05, 4.69) is 5.32 Å². The molecule has 0 aromatic heterocycles. The zero-order valence-electron chi connectivity index (χ0n) is 15.8. The molecule has 1 saturated carbocycles. The average Bonchev–Trinajstić information content (AvgIpc) is 3.00. The van der Waals surface area contributed by atoms with Crippen LogP contribution in [0.5, 0.6) is 0 Å². The van der Waals surface area contributed by atoms with Gasteiger partial charge in [0, 0.05) is 19.7 Å². The third-order valence-corrected chi connectivity index (χ3v) is 7.72. The molecule has 2 aliphatic rings. The SMILES string of the molecule is CN(C)S(=O)(=O)c1ccc(C(=O)NC2CCCCC2N2C(=O)CSC2=O)cc1. The largest absolute Gasteiger partial charge is 0.347 e. The highest BCUT2D eigenvalue weighted by atomic mass is 32.2. The van der Waals surface area contributed by atoms with Crippen molar-refractivity contribution in [1.29, 1.82) is 0 Å². The Hall–Kier alpha value is -1.91. The lowest BCUT2D eigenvalue weighted by Crippen LogP contribution is -2.54. The number of hydrogen-bond donors (Lipinski definition) is 1. The average molecular weight is 426 g/mol. The van der Waals surface area contributed by atoms with Crippen molar-refractivity contribution >= 4 is 38.8 Å². The number of carbonyl (C=O) groups excluding carboxylic acids is 3. The Bertz CT molecular complexity index is 867. The molecule has 10 heteroatoms. The van der Waals surface area contributed by atoms with Crippen LogP contribution in [0, 0.1) is 0 Å². The summed E-state index contributed by atoms with van der Waals surface area (Å²) in [4.78, 5) is 38.2. The lowest BCUT2D eigenvalue weighted by atomic mass is 9.89. The number of hydrogen-bond acceptors (Lipinski definition) is 6. The molecule has 0 bridgehead atoms. The molecule has 0 spiro atoms. The van der Waals surface area contributed by atoms with Crippen molar-refractivity contribution in [2.24, 2.45) is 0 Å². The summed E-state index contributed by atoms with van der Waals surface area (Å²) in [5.74, 6) is -0.408. The molecular formula is C18H23N3O5S2. The summed E-state index contributed by atoms with van der Waals surface area (Å²) in [7, 11) is -0.675. The minimum atomic E-state index is -3.56. The smallest absolute Gasteiger partial charge is 0.289 e. The molecule has 1 aliphatic carbocycles. The van der Waals surface area contributed by atoms with Gasteiger partial charge in [-0.2, -0.15) is 0 Å². The molecule has 2 fully saturated rings. The highest BCUT2D eigenvalue weighted by Crippen LogP contribution is 2.30. The van der Waals surface area contributed by atoms with Crippen LogP contribution in [-0.2, 0) is 14.8 Å². The van der Waals surface area contributed by atoms with Gasteiger partial charge < -0.3 is 5.32 Å². The van der Waals surface area contributed by atoms with Crippen LogP contribution < -0.4 is 5.32 Å². The summed E-state index contributed by atoms with van der Waals surface area (Å²) >= 11 is 0.994. The molecule has 2 unspecified atom stereocenters. The van der Waals surface area contributed by atoms with Gasteiger partial charge in [-0.05, 0) is 37.1 Å². The van der Waals surface area contributed by atoms with Gasteiger partial charge in [-0.1, -0.05) is 24.6 Å². The van der Waals surface area contributed by atoms with E-state index in [1.54, 1.807) is 0 Å². The summed E-state index contributed by atoms with van der Waals surface area (Å²) in [6.45, 7) is 0. The normalized spacial score (nSPS) is 23.3. The first-order valence-corrected chi connectivity index (χ1v) is 11.5. The van der Waals surface area contributed by atoms with E-state index in [0.717, 1.165) is 28.9 Å². The molecule has 1 aliphatic heterocycles. The Labute approximate surface area is 168 Å². The Balaban J connectivity index is 1.74. The maximum absolute atomic E-state index is 12.7. The molecule has 1 aromatic rings. The molecular weight excluding hydrogens is 402 g/mol. The van der Waals surface area contributed by atoms with Gasteiger partial charge in [-0.15, -0.1) is 0 Å². The van der Waals surface area contributed by atoms with Crippen molar-refractivity contribution < 1.29 is 22.8 Å². The molecule has 3 amide bonds. The number of thioether (sulfide) groups is 1. The van der Waals surface area contributed by atoms with E-state index >= 15 is 0 Å². The van der Waals surface area contributed by atoms with Crippen molar-refractivity contribution in [1.82, 2.24) is 14.5 Å². The van der Waals surface area contributed by atoms with Crippen LogP contribution in [0.15, 0.2) is 29.2 Å². The number of rotatable bonds is 5. The Morgan fingerprint density at radius 3 is 2.36 bits per heavy atom. The van der Waals surface area contributed by atoms with E-state index in [1.165, 1.54) is 43.3 Å². The number of amides is 3. The van der Waals surface area contributed by atoms with E-state index in [9.17, 15) is 22.8 Å². The first kappa shape index (κ1) is 20.8. The van der Waals surface area contributed by atoms with Crippen LogP contribution in [0.1, 0.15) is 36.0 Å². The molecule has 1 heterocycles. The fourth-order valence-electron chi connectivity index (χ4n) is 3.51. The van der Waals surface area contributed by atoms with Crippen molar-refractivity contribution in [3.05, 3.63) is 29.8 Å². The predicted molar refractivity (Wildman–Crippen MR) is 106 cm³/mol. The van der Waals surface area contributed by atoms with Gasteiger partial charge >= 0.3 is 0 Å². The van der Waals surface area contributed by atoms with Crippen LogP contribution in [-0.4, -0.2) is 66.6 Å². The Morgan fingerprint density at radius 2 is 1.79 bits per heavy atom. The second-order valence-corrected chi connectivity index (χ2v) is 10.1. The number of nitrogens with one attached hydrogen (secondary N) is 1. The number of benzene rings is 1. The standard InChI is InChI=1S/C18H23N3O5S2/c1-20(2)28(25,26)13-9-7-12(8-10-13)17(23)19-14-5-3-4-6-15(14)21-16(22)11-27-18(21)24/h7-10,14-15H,3-6,11H2,1-2H3,(H,19,23). The lowest BCUT2D eigenvalue weighted by Gasteiger charge is -2.36. The zero-order chi connectivity index (χ0) is 20.5. The van der Waals surface area contributed by atoms with Crippen molar-refractivity contribution in [2.45, 2.75) is 42.7 Å². The maximum atomic E-state index is 12.7. The van der Waals surface area contributed by atoms with E-state index in [1.807, 2.05) is 0 Å². The molecule has 2 atom stereocenters. The topological polar surface area (TPSA) is 104 Å². The second-order valence-electron chi connectivity index (χ2n) is 7.06. The monoisotopic (exact) mass is 425 g/mol. The summed E-state index contributed by atoms with van der Waals surface area (Å²) < 4.78 is 25.4. The maximum Gasteiger partial charge on any atom is 0.289 e. The fraction of sp³-hybridized carbons (Fsp3) is 0.500. The van der Waals surface area contributed by atoms with E-state index in [4.69, 9.17) is 0 Å². The summed E-state index contributed by atoms with van der Waals surface area (Å²) in [6, 6.07) is 5.08. The predicted octanol–water partition coefficient (Wildman–Crippen LogP) is 1.67. The molecule has 8 nitrogen and oxygen atoms in total. The van der Waals surface area contributed by atoms with Gasteiger partial charge in [0.05, 0.1) is 22.7 Å². The van der Waals surface area contributed by atoms with Crippen LogP contribution in [0.2, 0.25) is 0 Å². The highest BCUT2D eigenvalue weighted by Gasteiger charge is 2.41. The van der Waals surface area contributed by atoms with Crippen LogP contribution in [0.25, 0.3) is 0 Å². The van der Waals surface area contributed by atoms with Crippen LogP contribution in [0.3, 0.4) is 0 Å². The first-order chi connectivity index (χ1) is 13.2. The number of imide groups is 1. The molecule has 3 rings (SSSR count). The Kier molecular flexibility index (Phi) is 6.11.